The number of nitrogens with zero attached hydrogens (tertiary/aromatic N) is 1. The number of anilines is 1. The summed E-state index contributed by atoms with van der Waals surface area (Å²) in [5.41, 5.74) is 12.9. The van der Waals surface area contributed by atoms with E-state index in [0.717, 1.165) is 17.0 Å². The number of fused-ring (bicyclic) bond motifs is 1. The normalized spacial score (nSPS) is 22.8. The predicted molar refractivity (Wildman–Crippen MR) is 65.2 cm³/mol. The fourth-order valence-electron chi connectivity index (χ4n) is 2.51. The van der Waals surface area contributed by atoms with E-state index in [1.54, 1.807) is 6.07 Å². The highest BCUT2D eigenvalue weighted by atomic mass is 19.1. The Bertz CT molecular complexity index is 596. The largest absolute Gasteiger partial charge is 0.429 e. The summed E-state index contributed by atoms with van der Waals surface area (Å²) in [6.45, 7) is 0. The molecular weight excluding hydrogens is 233 g/mol. The second-order valence-electron chi connectivity index (χ2n) is 4.77. The zero-order valence-corrected chi connectivity index (χ0v) is 9.82. The van der Waals surface area contributed by atoms with Gasteiger partial charge in [-0.3, -0.25) is 0 Å². The Balaban J connectivity index is 1.98. The molecule has 0 fully saturated rings. The minimum absolute atomic E-state index is 0.170. The second-order valence-corrected chi connectivity index (χ2v) is 4.77. The molecule has 0 radical (unpaired) electrons. The topological polar surface area (TPSA) is 78.1 Å². The van der Waals surface area contributed by atoms with Crippen LogP contribution in [0.5, 0.6) is 0 Å². The van der Waals surface area contributed by atoms with Crippen molar-refractivity contribution in [2.45, 2.75) is 24.8 Å². The molecule has 1 aromatic heterocycles. The van der Waals surface area contributed by atoms with Crippen molar-refractivity contribution in [2.75, 3.05) is 5.73 Å². The van der Waals surface area contributed by atoms with Gasteiger partial charge in [0.25, 0.3) is 6.01 Å². The molecular formula is C13H14FN3O. The van der Waals surface area contributed by atoms with E-state index in [1.165, 1.54) is 12.1 Å². The van der Waals surface area contributed by atoms with E-state index in [1.807, 2.05) is 6.07 Å². The van der Waals surface area contributed by atoms with Gasteiger partial charge in [-0.2, -0.15) is 4.98 Å². The number of rotatable bonds is 1. The maximum atomic E-state index is 13.3. The van der Waals surface area contributed by atoms with Gasteiger partial charge < -0.3 is 15.9 Å². The molecule has 18 heavy (non-hydrogen) atoms. The van der Waals surface area contributed by atoms with E-state index in [0.29, 0.717) is 19.3 Å². The van der Waals surface area contributed by atoms with Gasteiger partial charge in [0.05, 0.1) is 5.69 Å². The van der Waals surface area contributed by atoms with Crippen LogP contribution in [0, 0.1) is 5.82 Å². The molecule has 1 aliphatic carbocycles. The summed E-state index contributed by atoms with van der Waals surface area (Å²) in [6.07, 6.45) is 1.89. The van der Waals surface area contributed by atoms with Crippen LogP contribution in [-0.2, 0) is 18.4 Å². The van der Waals surface area contributed by atoms with E-state index >= 15 is 0 Å². The highest BCUT2D eigenvalue weighted by Crippen LogP contribution is 2.35. The molecule has 0 saturated heterocycles. The number of nitrogen functional groups attached to an aromatic ring is 1. The molecule has 0 saturated carbocycles. The summed E-state index contributed by atoms with van der Waals surface area (Å²) in [5, 5.41) is 0. The van der Waals surface area contributed by atoms with Gasteiger partial charge in [0.2, 0.25) is 0 Å². The molecule has 0 aliphatic heterocycles. The molecule has 1 aromatic carbocycles. The van der Waals surface area contributed by atoms with Gasteiger partial charge in [0, 0.05) is 18.4 Å². The lowest BCUT2D eigenvalue weighted by Crippen LogP contribution is -2.42. The number of hydrogen-bond acceptors (Lipinski definition) is 4. The first-order valence-electron chi connectivity index (χ1n) is 5.86. The van der Waals surface area contributed by atoms with Crippen LogP contribution in [0.25, 0.3) is 0 Å². The van der Waals surface area contributed by atoms with Gasteiger partial charge in [0.1, 0.15) is 11.6 Å². The molecule has 0 spiro atoms. The number of benzene rings is 1. The molecule has 1 aliphatic rings. The predicted octanol–water partition coefficient (Wildman–Crippen LogP) is 1.74. The van der Waals surface area contributed by atoms with Crippen molar-refractivity contribution in [2.24, 2.45) is 5.73 Å². The van der Waals surface area contributed by atoms with Crippen LogP contribution in [-0.4, -0.2) is 4.98 Å². The molecule has 1 heterocycles. The lowest BCUT2D eigenvalue weighted by atomic mass is 9.78. The quantitative estimate of drug-likeness (QED) is 0.804. The second kappa shape index (κ2) is 3.81. The summed E-state index contributed by atoms with van der Waals surface area (Å²) < 4.78 is 18.6. The molecule has 94 valence electrons. The number of hydrogen-bond donors (Lipinski definition) is 2. The van der Waals surface area contributed by atoms with Crippen molar-refractivity contribution in [3.05, 3.63) is 47.1 Å². The maximum Gasteiger partial charge on any atom is 0.292 e. The Labute approximate surface area is 104 Å². The Morgan fingerprint density at radius 2 is 2.22 bits per heavy atom. The highest BCUT2D eigenvalue weighted by Gasteiger charge is 2.35. The Hall–Kier alpha value is -1.88. The number of halogens is 1. The monoisotopic (exact) mass is 247 g/mol. The third-order valence-electron chi connectivity index (χ3n) is 3.48. The zero-order chi connectivity index (χ0) is 12.8. The average Bonchev–Trinajstić information content (AvgIpc) is 2.68. The zero-order valence-electron chi connectivity index (χ0n) is 9.82. The molecule has 3 rings (SSSR count). The summed E-state index contributed by atoms with van der Waals surface area (Å²) in [6, 6.07) is 6.58. The first-order valence-corrected chi connectivity index (χ1v) is 5.86. The van der Waals surface area contributed by atoms with Crippen LogP contribution in [0.4, 0.5) is 10.4 Å². The summed E-state index contributed by atoms with van der Waals surface area (Å²) in [4.78, 5) is 4.13. The van der Waals surface area contributed by atoms with Crippen LogP contribution >= 0.6 is 0 Å². The van der Waals surface area contributed by atoms with Crippen molar-refractivity contribution >= 4 is 6.01 Å². The van der Waals surface area contributed by atoms with E-state index in [2.05, 4.69) is 4.98 Å². The third kappa shape index (κ3) is 1.76. The highest BCUT2D eigenvalue weighted by molar-refractivity contribution is 5.32. The number of aromatic nitrogens is 1. The minimum Gasteiger partial charge on any atom is -0.429 e. The van der Waals surface area contributed by atoms with Crippen molar-refractivity contribution in [1.29, 1.82) is 0 Å². The Kier molecular flexibility index (Phi) is 2.38. The van der Waals surface area contributed by atoms with E-state index in [4.69, 9.17) is 15.9 Å². The van der Waals surface area contributed by atoms with Crippen molar-refractivity contribution in [1.82, 2.24) is 4.98 Å². The lowest BCUT2D eigenvalue weighted by molar-refractivity contribution is 0.353. The maximum absolute atomic E-state index is 13.3. The fraction of sp³-hybridized carbons (Fsp3) is 0.308. The van der Waals surface area contributed by atoms with Gasteiger partial charge in [-0.05, 0) is 24.1 Å². The fourth-order valence-corrected chi connectivity index (χ4v) is 2.51. The van der Waals surface area contributed by atoms with E-state index in [-0.39, 0.29) is 11.8 Å². The van der Waals surface area contributed by atoms with E-state index < -0.39 is 5.54 Å². The van der Waals surface area contributed by atoms with Gasteiger partial charge in [-0.1, -0.05) is 12.1 Å². The molecule has 2 aromatic rings. The molecule has 4 nitrogen and oxygen atoms in total. The number of oxazole rings is 1. The SMILES string of the molecule is Nc1nc2c(o1)CCC(N)(c1cccc(F)c1)C2. The number of aryl methyl sites for hydroxylation is 1. The van der Waals surface area contributed by atoms with Gasteiger partial charge >= 0.3 is 0 Å². The summed E-state index contributed by atoms with van der Waals surface area (Å²) in [5.74, 6) is 0.521. The molecule has 4 N–H and O–H groups in total. The first kappa shape index (κ1) is 11.2. The van der Waals surface area contributed by atoms with Gasteiger partial charge in [-0.15, -0.1) is 0 Å². The van der Waals surface area contributed by atoms with Crippen LogP contribution in [0.1, 0.15) is 23.4 Å². The standard InChI is InChI=1S/C13H14FN3O/c14-9-3-1-2-8(6-9)13(16)5-4-11-10(7-13)17-12(15)18-11/h1-3,6H,4-5,7,16H2,(H2,15,17). The molecule has 1 unspecified atom stereocenters. The Morgan fingerprint density at radius 1 is 1.39 bits per heavy atom. The Morgan fingerprint density at radius 3 is 3.00 bits per heavy atom. The van der Waals surface area contributed by atoms with E-state index in [9.17, 15) is 4.39 Å². The van der Waals surface area contributed by atoms with Crippen LogP contribution in [0.15, 0.2) is 28.7 Å². The first-order chi connectivity index (χ1) is 8.57. The van der Waals surface area contributed by atoms with Crippen LogP contribution in [0.2, 0.25) is 0 Å². The number of nitrogens with two attached hydrogens (primary N) is 2. The van der Waals surface area contributed by atoms with Crippen molar-refractivity contribution in [3.63, 3.8) is 0 Å². The van der Waals surface area contributed by atoms with Crippen molar-refractivity contribution in [3.8, 4) is 0 Å². The van der Waals surface area contributed by atoms with Crippen LogP contribution in [0.3, 0.4) is 0 Å². The average molecular weight is 247 g/mol. The van der Waals surface area contributed by atoms with Crippen LogP contribution < -0.4 is 11.5 Å². The summed E-state index contributed by atoms with van der Waals surface area (Å²) >= 11 is 0. The molecule has 5 heteroatoms. The third-order valence-corrected chi connectivity index (χ3v) is 3.48. The summed E-state index contributed by atoms with van der Waals surface area (Å²) in [7, 11) is 0. The minimum atomic E-state index is -0.599. The van der Waals surface area contributed by atoms with Gasteiger partial charge in [-0.25, -0.2) is 4.39 Å². The molecule has 1 atom stereocenters. The molecule has 0 bridgehead atoms. The molecule has 0 amide bonds. The smallest absolute Gasteiger partial charge is 0.292 e. The lowest BCUT2D eigenvalue weighted by Gasteiger charge is -2.32. The van der Waals surface area contributed by atoms with Gasteiger partial charge in [0.15, 0.2) is 0 Å². The van der Waals surface area contributed by atoms with Crippen molar-refractivity contribution < 1.29 is 8.81 Å².